The molecule has 0 aliphatic rings. The Hall–Kier alpha value is -1.81. The van der Waals surface area contributed by atoms with E-state index >= 15 is 0 Å². The van der Waals surface area contributed by atoms with Crippen molar-refractivity contribution in [3.05, 3.63) is 65.4 Å². The second-order valence-corrected chi connectivity index (χ2v) is 8.02. The minimum absolute atomic E-state index is 0. The van der Waals surface area contributed by atoms with Crippen LogP contribution in [0.3, 0.4) is 0 Å². The summed E-state index contributed by atoms with van der Waals surface area (Å²) in [5.41, 5.74) is 7.73. The van der Waals surface area contributed by atoms with Gasteiger partial charge in [0.25, 0.3) is 0 Å². The molecule has 2 aromatic heterocycles. The number of fused-ring (bicyclic) bond motifs is 1. The molecule has 0 atom stereocenters. The van der Waals surface area contributed by atoms with Gasteiger partial charge < -0.3 is 4.57 Å². The number of hydrogen-bond acceptors (Lipinski definition) is 3. The van der Waals surface area contributed by atoms with E-state index in [4.69, 9.17) is 0 Å². The van der Waals surface area contributed by atoms with Gasteiger partial charge in [-0.05, 0) is 27.7 Å². The average Bonchev–Trinajstić information content (AvgIpc) is 3.29. The van der Waals surface area contributed by atoms with Crippen molar-refractivity contribution in [2.24, 2.45) is 0 Å². The Bertz CT molecular complexity index is 1040. The standard InChI is InChI=1S/C22H22N3S.Ir/c1-14(2)16-7-5-8-17(15(3)4)21(16)25-12-11-23-22(25)18-9-6-10-19-20(18)24-13-26-19;/h5-8,10-15H,1-4H3;/q-1;. The summed E-state index contributed by atoms with van der Waals surface area (Å²) in [4.78, 5) is 9.25. The van der Waals surface area contributed by atoms with Gasteiger partial charge in [-0.2, -0.15) is 0 Å². The summed E-state index contributed by atoms with van der Waals surface area (Å²) in [5, 5.41) is 0. The maximum atomic E-state index is 4.69. The van der Waals surface area contributed by atoms with E-state index in [0.717, 1.165) is 21.6 Å². The summed E-state index contributed by atoms with van der Waals surface area (Å²) < 4.78 is 3.38. The smallest absolute Gasteiger partial charge is 0.0674 e. The van der Waals surface area contributed by atoms with E-state index in [-0.39, 0.29) is 20.1 Å². The minimum atomic E-state index is 0. The molecule has 0 bridgehead atoms. The fourth-order valence-corrected chi connectivity index (χ4v) is 4.14. The number of thiazole rings is 1. The van der Waals surface area contributed by atoms with Crippen molar-refractivity contribution in [3.63, 3.8) is 0 Å². The fourth-order valence-electron chi connectivity index (χ4n) is 3.46. The zero-order valence-electron chi connectivity index (χ0n) is 15.9. The Morgan fingerprint density at radius 2 is 1.70 bits per heavy atom. The Labute approximate surface area is 177 Å². The van der Waals surface area contributed by atoms with E-state index in [0.29, 0.717) is 11.8 Å². The number of rotatable bonds is 4. The summed E-state index contributed by atoms with van der Waals surface area (Å²) in [6.07, 6.45) is 3.93. The van der Waals surface area contributed by atoms with Gasteiger partial charge in [0.05, 0.1) is 11.3 Å². The maximum absolute atomic E-state index is 4.69. The molecule has 0 spiro atoms. The van der Waals surface area contributed by atoms with Gasteiger partial charge in [-0.3, -0.25) is 9.97 Å². The molecule has 141 valence electrons. The molecule has 0 unspecified atom stereocenters. The van der Waals surface area contributed by atoms with Crippen molar-refractivity contribution in [1.82, 2.24) is 14.5 Å². The molecule has 2 aromatic carbocycles. The zero-order chi connectivity index (χ0) is 18.3. The normalized spacial score (nSPS) is 11.3. The predicted molar refractivity (Wildman–Crippen MR) is 109 cm³/mol. The molecule has 0 aliphatic carbocycles. The summed E-state index contributed by atoms with van der Waals surface area (Å²) in [5.74, 6) is 1.76. The van der Waals surface area contributed by atoms with Crippen molar-refractivity contribution in [2.75, 3.05) is 0 Å². The Balaban J connectivity index is 0.00000210. The van der Waals surface area contributed by atoms with E-state index < -0.39 is 0 Å². The van der Waals surface area contributed by atoms with Gasteiger partial charge in [-0.1, -0.05) is 51.5 Å². The molecule has 0 amide bonds. The molecule has 1 radical (unpaired) electrons. The van der Waals surface area contributed by atoms with Gasteiger partial charge in [0.2, 0.25) is 0 Å². The fraction of sp³-hybridized carbons (Fsp3) is 0.273. The molecule has 4 rings (SSSR count). The van der Waals surface area contributed by atoms with E-state index in [1.165, 1.54) is 16.8 Å². The molecular weight excluding hydrogens is 531 g/mol. The van der Waals surface area contributed by atoms with Crippen LogP contribution in [0.15, 0.2) is 48.2 Å². The van der Waals surface area contributed by atoms with Crippen molar-refractivity contribution >= 4 is 21.6 Å². The van der Waals surface area contributed by atoms with Crippen LogP contribution in [0.2, 0.25) is 0 Å². The molecule has 4 aromatic rings. The number of para-hydroxylation sites is 1. The third kappa shape index (κ3) is 3.52. The second kappa shape index (κ2) is 8.05. The molecule has 0 fully saturated rings. The number of nitrogens with zero attached hydrogens (tertiary/aromatic N) is 3. The quantitative estimate of drug-likeness (QED) is 0.283. The molecule has 0 N–H and O–H groups in total. The van der Waals surface area contributed by atoms with E-state index in [1.54, 1.807) is 11.3 Å². The molecule has 27 heavy (non-hydrogen) atoms. The summed E-state index contributed by atoms with van der Waals surface area (Å²) in [7, 11) is 0. The third-order valence-electron chi connectivity index (χ3n) is 4.74. The molecule has 3 nitrogen and oxygen atoms in total. The number of benzene rings is 2. The molecular formula is C22H22IrN3S-. The van der Waals surface area contributed by atoms with Gasteiger partial charge in [0.15, 0.2) is 0 Å². The van der Waals surface area contributed by atoms with Crippen LogP contribution in [0, 0.1) is 6.07 Å². The van der Waals surface area contributed by atoms with Crippen molar-refractivity contribution in [1.29, 1.82) is 0 Å². The van der Waals surface area contributed by atoms with Crippen molar-refractivity contribution < 1.29 is 20.1 Å². The summed E-state index contributed by atoms with van der Waals surface area (Å²) in [6.45, 7) is 8.97. The average molecular weight is 553 g/mol. The van der Waals surface area contributed by atoms with Gasteiger partial charge in [0.1, 0.15) is 0 Å². The first kappa shape index (κ1) is 19.9. The van der Waals surface area contributed by atoms with Crippen LogP contribution in [-0.2, 0) is 20.1 Å². The van der Waals surface area contributed by atoms with Gasteiger partial charge >= 0.3 is 0 Å². The predicted octanol–water partition coefficient (Wildman–Crippen LogP) is 6.19. The van der Waals surface area contributed by atoms with Gasteiger partial charge in [-0.25, -0.2) is 0 Å². The van der Waals surface area contributed by atoms with Crippen LogP contribution in [0.1, 0.15) is 50.7 Å². The van der Waals surface area contributed by atoms with Crippen molar-refractivity contribution in [2.45, 2.75) is 39.5 Å². The zero-order valence-corrected chi connectivity index (χ0v) is 19.1. The molecule has 0 saturated heterocycles. The Morgan fingerprint density at radius 1 is 1.00 bits per heavy atom. The molecule has 0 saturated carbocycles. The second-order valence-electron chi connectivity index (χ2n) is 7.13. The van der Waals surface area contributed by atoms with Gasteiger partial charge in [0, 0.05) is 43.7 Å². The van der Waals surface area contributed by atoms with Crippen LogP contribution in [-0.4, -0.2) is 14.5 Å². The number of aromatic nitrogens is 3. The first-order valence-corrected chi connectivity index (χ1v) is 9.86. The number of hydrogen-bond donors (Lipinski definition) is 0. The summed E-state index contributed by atoms with van der Waals surface area (Å²) in [6, 6.07) is 14.0. The SMILES string of the molecule is CC(C)c1cccc(C(C)C)c1-n1ccnc1-c1[c-]ccc2scnc12.[Ir]. The summed E-state index contributed by atoms with van der Waals surface area (Å²) >= 11 is 1.65. The molecule has 2 heterocycles. The van der Waals surface area contributed by atoms with E-state index in [9.17, 15) is 0 Å². The topological polar surface area (TPSA) is 30.7 Å². The first-order valence-electron chi connectivity index (χ1n) is 8.98. The largest absolute Gasteiger partial charge is 0.339 e. The Kier molecular flexibility index (Phi) is 5.95. The van der Waals surface area contributed by atoms with E-state index in [1.807, 2.05) is 17.8 Å². The van der Waals surface area contributed by atoms with Crippen LogP contribution < -0.4 is 0 Å². The van der Waals surface area contributed by atoms with Crippen LogP contribution in [0.5, 0.6) is 0 Å². The maximum Gasteiger partial charge on any atom is 0.0674 e. The third-order valence-corrected chi connectivity index (χ3v) is 5.54. The molecule has 0 aliphatic heterocycles. The van der Waals surface area contributed by atoms with Crippen LogP contribution >= 0.6 is 11.3 Å². The monoisotopic (exact) mass is 553 g/mol. The van der Waals surface area contributed by atoms with E-state index in [2.05, 4.69) is 78.8 Å². The first-order chi connectivity index (χ1) is 12.6. The molecule has 5 heteroatoms. The number of imidazole rings is 1. The Morgan fingerprint density at radius 3 is 2.37 bits per heavy atom. The van der Waals surface area contributed by atoms with Gasteiger partial charge in [-0.15, -0.1) is 29.5 Å². The van der Waals surface area contributed by atoms with Crippen molar-refractivity contribution in [3.8, 4) is 17.1 Å². The van der Waals surface area contributed by atoms with Crippen LogP contribution in [0.25, 0.3) is 27.3 Å². The minimum Gasteiger partial charge on any atom is -0.339 e. The van der Waals surface area contributed by atoms with Crippen LogP contribution in [0.4, 0.5) is 0 Å².